The lowest BCUT2D eigenvalue weighted by molar-refractivity contribution is -0.384. The van der Waals surface area contributed by atoms with Crippen LogP contribution in [0, 0.1) is 10.1 Å². The monoisotopic (exact) mass is 363 g/mol. The first kappa shape index (κ1) is 18.1. The molecule has 0 bridgehead atoms. The number of nitrogens with zero attached hydrogens (tertiary/aromatic N) is 2. The third-order valence-corrected chi connectivity index (χ3v) is 4.06. The van der Waals surface area contributed by atoms with Crippen molar-refractivity contribution in [3.63, 3.8) is 0 Å². The van der Waals surface area contributed by atoms with Gasteiger partial charge < -0.3 is 4.42 Å². The van der Waals surface area contributed by atoms with Gasteiger partial charge >= 0.3 is 5.91 Å². The van der Waals surface area contributed by atoms with Crippen molar-refractivity contribution in [2.45, 2.75) is 12.8 Å². The summed E-state index contributed by atoms with van der Waals surface area (Å²) in [6, 6.07) is 19.0. The summed E-state index contributed by atoms with van der Waals surface area (Å²) >= 11 is 0. The molecule has 0 aliphatic rings. The number of non-ortho nitro benzene ring substituents is 1. The molecule has 7 heteroatoms. The van der Waals surface area contributed by atoms with Gasteiger partial charge in [0, 0.05) is 18.1 Å². The van der Waals surface area contributed by atoms with Crippen molar-refractivity contribution in [1.82, 2.24) is 5.43 Å². The van der Waals surface area contributed by atoms with E-state index in [1.807, 2.05) is 37.3 Å². The first-order valence-corrected chi connectivity index (χ1v) is 8.27. The quantitative estimate of drug-likeness (QED) is 0.405. The van der Waals surface area contributed by atoms with Crippen molar-refractivity contribution in [1.29, 1.82) is 0 Å². The maximum atomic E-state index is 12.1. The minimum Gasteiger partial charge on any atom is -0.455 e. The van der Waals surface area contributed by atoms with Crippen molar-refractivity contribution >= 4 is 17.8 Å². The number of hydrogen-bond acceptors (Lipinski definition) is 5. The molecule has 3 aromatic rings. The smallest absolute Gasteiger partial charge is 0.307 e. The number of nitro benzene ring substituents is 1. The van der Waals surface area contributed by atoms with Crippen LogP contribution in [0.3, 0.4) is 0 Å². The number of nitro groups is 1. The minimum atomic E-state index is -0.479. The molecule has 1 aromatic heterocycles. The van der Waals surface area contributed by atoms with Crippen molar-refractivity contribution in [2.24, 2.45) is 5.10 Å². The number of amides is 1. The van der Waals surface area contributed by atoms with Crippen LogP contribution in [0.1, 0.15) is 40.3 Å². The third-order valence-electron chi connectivity index (χ3n) is 4.06. The van der Waals surface area contributed by atoms with Gasteiger partial charge in [-0.3, -0.25) is 14.9 Å². The van der Waals surface area contributed by atoms with Crippen molar-refractivity contribution < 1.29 is 14.1 Å². The highest BCUT2D eigenvalue weighted by atomic mass is 16.6. The Hall–Kier alpha value is -3.74. The SMILES string of the molecule is C[C@@H](c1ccccc1)c1ccc(C(=O)N/N=C\c2ccc([N+](=O)[O-])cc2)o1. The molecule has 0 saturated carbocycles. The largest absolute Gasteiger partial charge is 0.455 e. The van der Waals surface area contributed by atoms with Crippen LogP contribution in [0.2, 0.25) is 0 Å². The Labute approximate surface area is 155 Å². The van der Waals surface area contributed by atoms with Gasteiger partial charge in [-0.2, -0.15) is 5.10 Å². The fourth-order valence-electron chi connectivity index (χ4n) is 2.52. The lowest BCUT2D eigenvalue weighted by atomic mass is 9.99. The highest BCUT2D eigenvalue weighted by Gasteiger charge is 2.16. The molecule has 1 heterocycles. The molecule has 1 amide bonds. The van der Waals surface area contributed by atoms with Crippen LogP contribution in [0.5, 0.6) is 0 Å². The fourth-order valence-corrected chi connectivity index (χ4v) is 2.52. The first-order chi connectivity index (χ1) is 13.0. The molecule has 0 aliphatic carbocycles. The Balaban J connectivity index is 1.61. The van der Waals surface area contributed by atoms with E-state index >= 15 is 0 Å². The van der Waals surface area contributed by atoms with E-state index in [0.29, 0.717) is 11.3 Å². The van der Waals surface area contributed by atoms with Gasteiger partial charge in [-0.15, -0.1) is 0 Å². The van der Waals surface area contributed by atoms with E-state index in [2.05, 4.69) is 10.5 Å². The van der Waals surface area contributed by atoms with Gasteiger partial charge in [-0.25, -0.2) is 5.43 Å². The number of carbonyl (C=O) groups is 1. The highest BCUT2D eigenvalue weighted by Crippen LogP contribution is 2.25. The molecule has 0 saturated heterocycles. The molecule has 27 heavy (non-hydrogen) atoms. The predicted molar refractivity (Wildman–Crippen MR) is 101 cm³/mol. The molecule has 2 aromatic carbocycles. The summed E-state index contributed by atoms with van der Waals surface area (Å²) in [5, 5.41) is 14.5. The zero-order chi connectivity index (χ0) is 19.2. The van der Waals surface area contributed by atoms with Crippen molar-refractivity contribution in [2.75, 3.05) is 0 Å². The second-order valence-electron chi connectivity index (χ2n) is 5.88. The number of hydrazone groups is 1. The Bertz CT molecular complexity index is 962. The van der Waals surface area contributed by atoms with E-state index in [0.717, 1.165) is 5.56 Å². The minimum absolute atomic E-state index is 0.00756. The molecule has 0 spiro atoms. The number of hydrogen-bond donors (Lipinski definition) is 1. The number of rotatable bonds is 6. The van der Waals surface area contributed by atoms with Gasteiger partial charge in [0.05, 0.1) is 11.1 Å². The summed E-state index contributed by atoms with van der Waals surface area (Å²) in [7, 11) is 0. The number of carbonyl (C=O) groups excluding carboxylic acids is 1. The van der Waals surface area contributed by atoms with Crippen LogP contribution in [-0.2, 0) is 0 Å². The topological polar surface area (TPSA) is 97.7 Å². The molecule has 3 rings (SSSR count). The maximum absolute atomic E-state index is 12.1. The average Bonchev–Trinajstić information content (AvgIpc) is 3.19. The Morgan fingerprint density at radius 3 is 2.48 bits per heavy atom. The van der Waals surface area contributed by atoms with E-state index in [4.69, 9.17) is 4.42 Å². The van der Waals surface area contributed by atoms with Gasteiger partial charge in [-0.1, -0.05) is 37.3 Å². The summed E-state index contributed by atoms with van der Waals surface area (Å²) < 4.78 is 5.65. The Morgan fingerprint density at radius 1 is 1.11 bits per heavy atom. The molecule has 0 fully saturated rings. The zero-order valence-electron chi connectivity index (χ0n) is 14.5. The normalized spacial score (nSPS) is 12.0. The zero-order valence-corrected chi connectivity index (χ0v) is 14.5. The van der Waals surface area contributed by atoms with E-state index in [1.165, 1.54) is 18.3 Å². The summed E-state index contributed by atoms with van der Waals surface area (Å²) in [6.45, 7) is 2.00. The molecule has 1 N–H and O–H groups in total. The molecule has 0 radical (unpaired) electrons. The molecule has 136 valence electrons. The highest BCUT2D eigenvalue weighted by molar-refractivity contribution is 5.92. The van der Waals surface area contributed by atoms with Crippen LogP contribution in [-0.4, -0.2) is 17.0 Å². The molecule has 0 aliphatic heterocycles. The standard InChI is InChI=1S/C20H17N3O4/c1-14(16-5-3-2-4-6-16)18-11-12-19(27-18)20(24)22-21-13-15-7-9-17(10-8-15)23(25)26/h2-14H,1H3,(H,22,24)/b21-13-/t14-/m0/s1. The van der Waals surface area contributed by atoms with Gasteiger partial charge in [0.2, 0.25) is 0 Å². The first-order valence-electron chi connectivity index (χ1n) is 8.27. The van der Waals surface area contributed by atoms with E-state index < -0.39 is 10.8 Å². The van der Waals surface area contributed by atoms with Crippen LogP contribution in [0.4, 0.5) is 5.69 Å². The second kappa shape index (κ2) is 8.09. The van der Waals surface area contributed by atoms with Crippen molar-refractivity contribution in [3.05, 3.63) is 99.5 Å². The van der Waals surface area contributed by atoms with Crippen LogP contribution in [0.25, 0.3) is 0 Å². The Morgan fingerprint density at radius 2 is 1.81 bits per heavy atom. The molecular formula is C20H17N3O4. The van der Waals surface area contributed by atoms with Crippen LogP contribution < -0.4 is 5.43 Å². The number of nitrogens with one attached hydrogen (secondary N) is 1. The van der Waals surface area contributed by atoms with Crippen LogP contribution >= 0.6 is 0 Å². The van der Waals surface area contributed by atoms with Crippen molar-refractivity contribution in [3.8, 4) is 0 Å². The summed E-state index contributed by atoms with van der Waals surface area (Å²) in [4.78, 5) is 22.3. The summed E-state index contributed by atoms with van der Waals surface area (Å²) in [6.07, 6.45) is 1.40. The summed E-state index contributed by atoms with van der Waals surface area (Å²) in [5.74, 6) is 0.398. The lowest BCUT2D eigenvalue weighted by Crippen LogP contribution is -2.16. The molecule has 0 unspecified atom stereocenters. The van der Waals surface area contributed by atoms with Gasteiger partial charge in [0.25, 0.3) is 5.69 Å². The predicted octanol–water partition coefficient (Wildman–Crippen LogP) is 4.10. The van der Waals surface area contributed by atoms with Gasteiger partial charge in [-0.05, 0) is 35.4 Å². The average molecular weight is 363 g/mol. The fraction of sp³-hybridized carbons (Fsp3) is 0.100. The molecular weight excluding hydrogens is 346 g/mol. The number of furan rings is 1. The van der Waals surface area contributed by atoms with Gasteiger partial charge in [0.15, 0.2) is 5.76 Å². The number of benzene rings is 2. The van der Waals surface area contributed by atoms with E-state index in [9.17, 15) is 14.9 Å². The van der Waals surface area contributed by atoms with E-state index in [1.54, 1.807) is 24.3 Å². The summed E-state index contributed by atoms with van der Waals surface area (Å²) in [5.41, 5.74) is 4.09. The third kappa shape index (κ3) is 4.46. The van der Waals surface area contributed by atoms with Crippen LogP contribution in [0.15, 0.2) is 76.2 Å². The molecule has 7 nitrogen and oxygen atoms in total. The lowest BCUT2D eigenvalue weighted by Gasteiger charge is -2.08. The van der Waals surface area contributed by atoms with Gasteiger partial charge in [0.1, 0.15) is 5.76 Å². The molecule has 1 atom stereocenters. The maximum Gasteiger partial charge on any atom is 0.307 e. The second-order valence-corrected chi connectivity index (χ2v) is 5.88. The Kier molecular flexibility index (Phi) is 5.41. The van der Waals surface area contributed by atoms with E-state index in [-0.39, 0.29) is 17.4 Å².